The molecule has 0 unspecified atom stereocenters. The van der Waals surface area contributed by atoms with Crippen molar-refractivity contribution in [3.05, 3.63) is 11.4 Å². The monoisotopic (exact) mass is 251 g/mol. The summed E-state index contributed by atoms with van der Waals surface area (Å²) in [5, 5.41) is 10.8. The van der Waals surface area contributed by atoms with Gasteiger partial charge in [-0.25, -0.2) is 0 Å². The smallest absolute Gasteiger partial charge is 0.0853 e. The van der Waals surface area contributed by atoms with E-state index in [1.54, 1.807) is 0 Å². The largest absolute Gasteiger partial charge is 0.262 e. The van der Waals surface area contributed by atoms with E-state index in [0.29, 0.717) is 0 Å². The third kappa shape index (κ3) is 6.77. The zero-order chi connectivity index (χ0) is 13.1. The Bertz CT molecular complexity index is 294. The molecule has 1 heterocycles. The van der Waals surface area contributed by atoms with Crippen molar-refractivity contribution in [3.63, 3.8) is 0 Å². The highest BCUT2D eigenvalue weighted by molar-refractivity contribution is 5.05. The Hall–Kier alpha value is -0.860. The summed E-state index contributed by atoms with van der Waals surface area (Å²) in [7, 11) is 0. The number of aryl methyl sites for hydroxylation is 2. The van der Waals surface area contributed by atoms with Gasteiger partial charge in [0.1, 0.15) is 0 Å². The van der Waals surface area contributed by atoms with E-state index in [0.717, 1.165) is 17.8 Å². The topological polar surface area (TPSA) is 41.6 Å². The number of H-pyrrole nitrogens is 1. The predicted molar refractivity (Wildman–Crippen MR) is 76.7 cm³/mol. The highest BCUT2D eigenvalue weighted by Gasteiger charge is 2.01. The molecule has 3 heteroatoms. The number of hydrogen-bond donors (Lipinski definition) is 1. The first kappa shape index (κ1) is 15.2. The van der Waals surface area contributed by atoms with E-state index in [1.165, 1.54) is 64.2 Å². The Morgan fingerprint density at radius 3 is 1.89 bits per heavy atom. The van der Waals surface area contributed by atoms with Crippen LogP contribution in [0.4, 0.5) is 0 Å². The van der Waals surface area contributed by atoms with Gasteiger partial charge in [-0.05, 0) is 19.8 Å². The Kier molecular flexibility index (Phi) is 8.53. The summed E-state index contributed by atoms with van der Waals surface area (Å²) in [4.78, 5) is 0. The summed E-state index contributed by atoms with van der Waals surface area (Å²) in [5.74, 6) is 0. The van der Waals surface area contributed by atoms with Gasteiger partial charge in [-0.15, -0.1) is 5.10 Å². The molecule has 1 aromatic rings. The van der Waals surface area contributed by atoms with Gasteiger partial charge in [0.15, 0.2) is 0 Å². The molecular formula is C15H29N3. The van der Waals surface area contributed by atoms with Crippen molar-refractivity contribution in [2.24, 2.45) is 0 Å². The lowest BCUT2D eigenvalue weighted by atomic mass is 10.1. The van der Waals surface area contributed by atoms with Crippen LogP contribution in [0, 0.1) is 6.92 Å². The van der Waals surface area contributed by atoms with E-state index in [1.807, 2.05) is 6.92 Å². The maximum Gasteiger partial charge on any atom is 0.0853 e. The van der Waals surface area contributed by atoms with Gasteiger partial charge in [-0.1, -0.05) is 69.9 Å². The molecule has 0 aliphatic rings. The molecule has 0 aliphatic heterocycles. The summed E-state index contributed by atoms with van der Waals surface area (Å²) < 4.78 is 0. The summed E-state index contributed by atoms with van der Waals surface area (Å²) in [5.41, 5.74) is 2.28. The zero-order valence-corrected chi connectivity index (χ0v) is 12.2. The normalized spacial score (nSPS) is 11.0. The van der Waals surface area contributed by atoms with Crippen molar-refractivity contribution in [2.75, 3.05) is 0 Å². The van der Waals surface area contributed by atoms with E-state index in [-0.39, 0.29) is 0 Å². The van der Waals surface area contributed by atoms with Gasteiger partial charge < -0.3 is 0 Å². The fourth-order valence-electron chi connectivity index (χ4n) is 2.32. The molecule has 3 nitrogen and oxygen atoms in total. The van der Waals surface area contributed by atoms with Gasteiger partial charge in [0.25, 0.3) is 0 Å². The van der Waals surface area contributed by atoms with Crippen LogP contribution in [0.5, 0.6) is 0 Å². The van der Waals surface area contributed by atoms with Gasteiger partial charge in [0, 0.05) is 0 Å². The van der Waals surface area contributed by atoms with Crippen LogP contribution in [0.1, 0.15) is 82.5 Å². The minimum atomic E-state index is 1.08. The van der Waals surface area contributed by atoms with Crippen molar-refractivity contribution in [1.82, 2.24) is 15.4 Å². The third-order valence-corrected chi connectivity index (χ3v) is 3.59. The minimum absolute atomic E-state index is 1.08. The molecular weight excluding hydrogens is 222 g/mol. The Morgan fingerprint density at radius 1 is 0.833 bits per heavy atom. The summed E-state index contributed by atoms with van der Waals surface area (Å²) in [6.45, 7) is 4.32. The van der Waals surface area contributed by atoms with E-state index < -0.39 is 0 Å². The molecule has 1 aromatic heterocycles. The highest BCUT2D eigenvalue weighted by atomic mass is 15.3. The molecule has 104 valence electrons. The predicted octanol–water partition coefficient (Wildman–Crippen LogP) is 4.58. The molecule has 0 spiro atoms. The number of hydrogen-bond acceptors (Lipinski definition) is 2. The second kappa shape index (κ2) is 10.1. The maximum absolute atomic E-state index is 4.09. The standard InChI is InChI=1S/C15H29N3/c1-3-4-5-6-7-8-9-10-11-12-13-15-14(2)16-18-17-15/h3-13H2,1-2H3,(H,16,17,18). The first-order valence-corrected chi connectivity index (χ1v) is 7.71. The van der Waals surface area contributed by atoms with Gasteiger partial charge in [-0.3, -0.25) is 5.10 Å². The molecule has 0 bridgehead atoms. The minimum Gasteiger partial charge on any atom is -0.262 e. The van der Waals surface area contributed by atoms with Crippen molar-refractivity contribution in [2.45, 2.75) is 84.5 Å². The summed E-state index contributed by atoms with van der Waals surface area (Å²) in [6, 6.07) is 0. The number of aromatic amines is 1. The average molecular weight is 251 g/mol. The summed E-state index contributed by atoms with van der Waals surface area (Å²) in [6.07, 6.45) is 14.9. The van der Waals surface area contributed by atoms with Crippen LogP contribution in [0.25, 0.3) is 0 Å². The molecule has 1 N–H and O–H groups in total. The van der Waals surface area contributed by atoms with E-state index >= 15 is 0 Å². The van der Waals surface area contributed by atoms with Gasteiger partial charge in [-0.2, -0.15) is 0 Å². The Balaban J connectivity index is 1.83. The first-order valence-electron chi connectivity index (χ1n) is 7.71. The number of aromatic nitrogens is 3. The van der Waals surface area contributed by atoms with Gasteiger partial charge >= 0.3 is 0 Å². The number of nitrogens with zero attached hydrogens (tertiary/aromatic N) is 2. The fourth-order valence-corrected chi connectivity index (χ4v) is 2.32. The molecule has 0 atom stereocenters. The van der Waals surface area contributed by atoms with E-state index in [2.05, 4.69) is 22.3 Å². The second-order valence-electron chi connectivity index (χ2n) is 5.32. The molecule has 18 heavy (non-hydrogen) atoms. The molecule has 0 radical (unpaired) electrons. The van der Waals surface area contributed by atoms with E-state index in [4.69, 9.17) is 0 Å². The summed E-state index contributed by atoms with van der Waals surface area (Å²) >= 11 is 0. The van der Waals surface area contributed by atoms with Gasteiger partial charge in [0.2, 0.25) is 0 Å². The van der Waals surface area contributed by atoms with Crippen LogP contribution in [-0.4, -0.2) is 15.4 Å². The molecule has 1 rings (SSSR count). The van der Waals surface area contributed by atoms with Crippen LogP contribution in [0.3, 0.4) is 0 Å². The van der Waals surface area contributed by atoms with Crippen LogP contribution in [-0.2, 0) is 6.42 Å². The Labute approximate surface area is 112 Å². The SMILES string of the molecule is CCCCCCCCCCCCc1nn[nH]c1C. The number of unbranched alkanes of at least 4 members (excludes halogenated alkanes) is 9. The van der Waals surface area contributed by atoms with Crippen LogP contribution in [0.15, 0.2) is 0 Å². The molecule has 0 saturated heterocycles. The molecule has 0 saturated carbocycles. The average Bonchev–Trinajstić information content (AvgIpc) is 2.77. The first-order chi connectivity index (χ1) is 8.84. The lowest BCUT2D eigenvalue weighted by Crippen LogP contribution is -1.89. The third-order valence-electron chi connectivity index (χ3n) is 3.59. The lowest BCUT2D eigenvalue weighted by Gasteiger charge is -2.01. The molecule has 0 aromatic carbocycles. The van der Waals surface area contributed by atoms with Crippen molar-refractivity contribution in [1.29, 1.82) is 0 Å². The van der Waals surface area contributed by atoms with Crippen LogP contribution in [0.2, 0.25) is 0 Å². The fraction of sp³-hybridized carbons (Fsp3) is 0.867. The van der Waals surface area contributed by atoms with Gasteiger partial charge in [0.05, 0.1) is 11.4 Å². The second-order valence-corrected chi connectivity index (χ2v) is 5.32. The highest BCUT2D eigenvalue weighted by Crippen LogP contribution is 2.12. The molecule has 0 aliphatic carbocycles. The van der Waals surface area contributed by atoms with E-state index in [9.17, 15) is 0 Å². The maximum atomic E-state index is 4.09. The Morgan fingerprint density at radius 2 is 1.39 bits per heavy atom. The zero-order valence-electron chi connectivity index (χ0n) is 12.2. The quantitative estimate of drug-likeness (QED) is 0.585. The molecule has 0 amide bonds. The van der Waals surface area contributed by atoms with Crippen molar-refractivity contribution >= 4 is 0 Å². The van der Waals surface area contributed by atoms with Crippen LogP contribution >= 0.6 is 0 Å². The number of nitrogens with one attached hydrogen (secondary N) is 1. The van der Waals surface area contributed by atoms with Crippen LogP contribution < -0.4 is 0 Å². The number of rotatable bonds is 11. The van der Waals surface area contributed by atoms with Crippen molar-refractivity contribution in [3.8, 4) is 0 Å². The van der Waals surface area contributed by atoms with Crippen molar-refractivity contribution < 1.29 is 0 Å². The molecule has 0 fully saturated rings. The lowest BCUT2D eigenvalue weighted by molar-refractivity contribution is 0.555.